The van der Waals surface area contributed by atoms with Gasteiger partial charge in [-0.25, -0.2) is 0 Å². The van der Waals surface area contributed by atoms with E-state index in [4.69, 9.17) is 0 Å². The Balaban J connectivity index is 2.26. The van der Waals surface area contributed by atoms with Crippen molar-refractivity contribution in [2.45, 2.75) is 44.2 Å². The summed E-state index contributed by atoms with van der Waals surface area (Å²) in [5.74, 6) is 0. The molecule has 1 heteroatoms. The van der Waals surface area contributed by atoms with Crippen molar-refractivity contribution in [3.8, 4) is 0 Å². The van der Waals surface area contributed by atoms with Crippen LogP contribution in [0.5, 0.6) is 0 Å². The van der Waals surface area contributed by atoms with Crippen LogP contribution in [0.4, 0.5) is 0 Å². The highest BCUT2D eigenvalue weighted by atomic mass is 15.2. The Morgan fingerprint density at radius 1 is 1.33 bits per heavy atom. The summed E-state index contributed by atoms with van der Waals surface area (Å²) in [6, 6.07) is 0.940. The summed E-state index contributed by atoms with van der Waals surface area (Å²) >= 11 is 0. The number of hydrogen-bond acceptors (Lipinski definition) is 1. The summed E-state index contributed by atoms with van der Waals surface area (Å²) in [7, 11) is 2.28. The van der Waals surface area contributed by atoms with Crippen LogP contribution in [-0.2, 0) is 0 Å². The first-order chi connectivity index (χ1) is 4.22. The molecule has 2 aliphatic heterocycles. The van der Waals surface area contributed by atoms with E-state index in [1.807, 2.05) is 0 Å². The van der Waals surface area contributed by atoms with Gasteiger partial charge >= 0.3 is 0 Å². The van der Waals surface area contributed by atoms with Crippen molar-refractivity contribution in [2.75, 3.05) is 7.05 Å². The summed E-state index contributed by atoms with van der Waals surface area (Å²) in [5.41, 5.74) is 0.602. The second-order valence-corrected chi connectivity index (χ2v) is 3.84. The summed E-state index contributed by atoms with van der Waals surface area (Å²) < 4.78 is 0. The Labute approximate surface area is 57.0 Å². The molecule has 2 bridgehead atoms. The van der Waals surface area contributed by atoms with Gasteiger partial charge in [-0.05, 0) is 39.7 Å². The Hall–Kier alpha value is -0.0400. The van der Waals surface area contributed by atoms with Gasteiger partial charge in [-0.3, -0.25) is 4.90 Å². The fraction of sp³-hybridized carbons (Fsp3) is 1.00. The lowest BCUT2D eigenvalue weighted by Crippen LogP contribution is -2.34. The van der Waals surface area contributed by atoms with Crippen LogP contribution in [0.3, 0.4) is 0 Å². The molecular formula is C8H15N. The molecule has 2 aliphatic rings. The maximum absolute atomic E-state index is 2.58. The van der Waals surface area contributed by atoms with Gasteiger partial charge in [-0.1, -0.05) is 0 Å². The van der Waals surface area contributed by atoms with Gasteiger partial charge < -0.3 is 0 Å². The van der Waals surface area contributed by atoms with E-state index in [0.717, 1.165) is 6.04 Å². The van der Waals surface area contributed by atoms with Crippen LogP contribution in [0.15, 0.2) is 0 Å². The lowest BCUT2D eigenvalue weighted by Gasteiger charge is -2.26. The number of rotatable bonds is 0. The number of nitrogens with zero attached hydrogens (tertiary/aromatic N) is 1. The molecule has 0 radical (unpaired) electrons. The third-order valence-electron chi connectivity index (χ3n) is 3.43. The quantitative estimate of drug-likeness (QED) is 0.475. The zero-order valence-corrected chi connectivity index (χ0v) is 6.35. The summed E-state index contributed by atoms with van der Waals surface area (Å²) in [6.07, 6.45) is 5.78. The lowest BCUT2D eigenvalue weighted by atomic mass is 9.90. The van der Waals surface area contributed by atoms with E-state index in [2.05, 4.69) is 18.9 Å². The maximum atomic E-state index is 2.58. The summed E-state index contributed by atoms with van der Waals surface area (Å²) in [6.45, 7) is 2.40. The summed E-state index contributed by atoms with van der Waals surface area (Å²) in [5, 5.41) is 0. The Kier molecular flexibility index (Phi) is 0.963. The van der Waals surface area contributed by atoms with Crippen LogP contribution in [0.25, 0.3) is 0 Å². The molecule has 0 aromatic rings. The minimum absolute atomic E-state index is 0.602. The molecule has 0 aliphatic carbocycles. The van der Waals surface area contributed by atoms with Gasteiger partial charge in [-0.15, -0.1) is 0 Å². The highest BCUT2D eigenvalue weighted by Crippen LogP contribution is 2.44. The van der Waals surface area contributed by atoms with Crippen molar-refractivity contribution >= 4 is 0 Å². The molecule has 9 heavy (non-hydrogen) atoms. The maximum Gasteiger partial charge on any atom is 0.0182 e. The Morgan fingerprint density at radius 3 is 2.00 bits per heavy atom. The average Bonchev–Trinajstić information content (AvgIpc) is 2.24. The first-order valence-electron chi connectivity index (χ1n) is 3.95. The van der Waals surface area contributed by atoms with Crippen LogP contribution in [0.1, 0.15) is 32.6 Å². The first-order valence-corrected chi connectivity index (χ1v) is 3.95. The second-order valence-electron chi connectivity index (χ2n) is 3.84. The molecule has 2 heterocycles. The van der Waals surface area contributed by atoms with Crippen molar-refractivity contribution in [1.29, 1.82) is 0 Å². The van der Waals surface area contributed by atoms with Gasteiger partial charge in [0.25, 0.3) is 0 Å². The second kappa shape index (κ2) is 1.51. The molecular weight excluding hydrogens is 110 g/mol. The zero-order valence-electron chi connectivity index (χ0n) is 6.35. The normalized spacial score (nSPS) is 50.7. The van der Waals surface area contributed by atoms with Gasteiger partial charge in [0.1, 0.15) is 0 Å². The van der Waals surface area contributed by atoms with E-state index in [1.165, 1.54) is 25.7 Å². The van der Waals surface area contributed by atoms with Crippen LogP contribution in [-0.4, -0.2) is 23.5 Å². The summed E-state index contributed by atoms with van der Waals surface area (Å²) in [4.78, 5) is 2.58. The van der Waals surface area contributed by atoms with Crippen molar-refractivity contribution in [2.24, 2.45) is 0 Å². The van der Waals surface area contributed by atoms with Crippen LogP contribution < -0.4 is 0 Å². The zero-order chi connectivity index (χ0) is 6.48. The molecule has 2 rings (SSSR count). The third kappa shape index (κ3) is 0.586. The van der Waals surface area contributed by atoms with E-state index >= 15 is 0 Å². The number of fused-ring (bicyclic) bond motifs is 2. The van der Waals surface area contributed by atoms with E-state index in [1.54, 1.807) is 0 Å². The standard InChI is InChI=1S/C8H15N/c1-8-5-3-7(4-6-8)9(8)2/h7H,3-6H2,1-2H3. The molecule has 0 N–H and O–H groups in total. The van der Waals surface area contributed by atoms with Gasteiger partial charge in [0.2, 0.25) is 0 Å². The SMILES string of the molecule is CN1C2CCC1(C)CC2. The molecule has 0 atom stereocenters. The van der Waals surface area contributed by atoms with Crippen LogP contribution in [0, 0.1) is 0 Å². The molecule has 0 aromatic heterocycles. The highest BCUT2D eigenvalue weighted by Gasteiger charge is 2.45. The van der Waals surface area contributed by atoms with Gasteiger partial charge in [-0.2, -0.15) is 0 Å². The highest BCUT2D eigenvalue weighted by molar-refractivity contribution is 5.02. The fourth-order valence-electron chi connectivity index (χ4n) is 2.41. The molecule has 0 saturated carbocycles. The number of hydrogen-bond donors (Lipinski definition) is 0. The fourth-order valence-corrected chi connectivity index (χ4v) is 2.41. The Bertz CT molecular complexity index is 123. The molecule has 0 aromatic carbocycles. The van der Waals surface area contributed by atoms with Crippen molar-refractivity contribution < 1.29 is 0 Å². The minimum Gasteiger partial charge on any atom is -0.298 e. The van der Waals surface area contributed by atoms with Crippen LogP contribution in [0.2, 0.25) is 0 Å². The van der Waals surface area contributed by atoms with Gasteiger partial charge in [0.15, 0.2) is 0 Å². The van der Waals surface area contributed by atoms with E-state index in [9.17, 15) is 0 Å². The molecule has 0 spiro atoms. The van der Waals surface area contributed by atoms with E-state index in [0.29, 0.717) is 5.54 Å². The molecule has 1 nitrogen and oxygen atoms in total. The third-order valence-corrected chi connectivity index (χ3v) is 3.43. The molecule has 2 fully saturated rings. The van der Waals surface area contributed by atoms with Gasteiger partial charge in [0.05, 0.1) is 0 Å². The largest absolute Gasteiger partial charge is 0.298 e. The topological polar surface area (TPSA) is 3.24 Å². The van der Waals surface area contributed by atoms with E-state index in [-0.39, 0.29) is 0 Å². The van der Waals surface area contributed by atoms with Crippen molar-refractivity contribution in [3.63, 3.8) is 0 Å². The molecule has 2 saturated heterocycles. The lowest BCUT2D eigenvalue weighted by molar-refractivity contribution is 0.216. The first kappa shape index (κ1) is 5.72. The van der Waals surface area contributed by atoms with Crippen molar-refractivity contribution in [3.05, 3.63) is 0 Å². The Morgan fingerprint density at radius 2 is 1.89 bits per heavy atom. The van der Waals surface area contributed by atoms with Crippen molar-refractivity contribution in [1.82, 2.24) is 4.90 Å². The van der Waals surface area contributed by atoms with Gasteiger partial charge in [0, 0.05) is 11.6 Å². The average molecular weight is 125 g/mol. The van der Waals surface area contributed by atoms with Crippen LogP contribution >= 0.6 is 0 Å². The molecule has 52 valence electrons. The smallest absolute Gasteiger partial charge is 0.0182 e. The minimum atomic E-state index is 0.602. The molecule has 0 unspecified atom stereocenters. The predicted molar refractivity (Wildman–Crippen MR) is 38.4 cm³/mol. The monoisotopic (exact) mass is 125 g/mol. The van der Waals surface area contributed by atoms with E-state index < -0.39 is 0 Å². The molecule has 0 amide bonds. The predicted octanol–water partition coefficient (Wildman–Crippen LogP) is 1.63.